The third-order valence-corrected chi connectivity index (χ3v) is 5.74. The minimum atomic E-state index is -0.292. The monoisotopic (exact) mass is 311 g/mol. The third kappa shape index (κ3) is 3.21. The van der Waals surface area contributed by atoms with Crippen LogP contribution in [0.4, 0.5) is 5.13 Å². The molecule has 3 rings (SSSR count). The van der Waals surface area contributed by atoms with Crippen molar-refractivity contribution >= 4 is 16.5 Å². The normalized spacial score (nSPS) is 28.7. The molecule has 0 aliphatic carbocycles. The standard InChI is InChI=1S/C14H25N5OS/c1-10(2)13-15-16-14(21-13)19-8-11(12(20)9-19)18-6-4-17(3)5-7-18/h10-12,20H,4-9H2,1-3H3/t11-,12-/m0/s1. The van der Waals surface area contributed by atoms with Gasteiger partial charge in [-0.05, 0) is 7.05 Å². The highest BCUT2D eigenvalue weighted by Crippen LogP contribution is 2.29. The predicted octanol–water partition coefficient (Wildman–Crippen LogP) is 0.458. The smallest absolute Gasteiger partial charge is 0.208 e. The molecule has 2 atom stereocenters. The van der Waals surface area contributed by atoms with Crippen LogP contribution in [0.1, 0.15) is 24.8 Å². The number of β-amino-alcohol motifs (C(OH)–C–C–N with tert-alkyl or cyclic N) is 1. The van der Waals surface area contributed by atoms with Crippen LogP contribution in [0.5, 0.6) is 0 Å². The second-order valence-electron chi connectivity index (χ2n) is 6.46. The molecular weight excluding hydrogens is 286 g/mol. The number of piperazine rings is 1. The summed E-state index contributed by atoms with van der Waals surface area (Å²) < 4.78 is 0. The highest BCUT2D eigenvalue weighted by molar-refractivity contribution is 7.15. The van der Waals surface area contributed by atoms with E-state index in [4.69, 9.17) is 0 Å². The summed E-state index contributed by atoms with van der Waals surface area (Å²) in [6.45, 7) is 10.0. The van der Waals surface area contributed by atoms with Crippen molar-refractivity contribution in [3.8, 4) is 0 Å². The average Bonchev–Trinajstić information content (AvgIpc) is 3.06. The third-order valence-electron chi connectivity index (χ3n) is 4.46. The molecule has 1 aromatic heterocycles. The van der Waals surface area contributed by atoms with E-state index in [-0.39, 0.29) is 12.1 Å². The average molecular weight is 311 g/mol. The van der Waals surface area contributed by atoms with E-state index in [9.17, 15) is 5.11 Å². The summed E-state index contributed by atoms with van der Waals surface area (Å²) in [6.07, 6.45) is -0.292. The molecule has 0 spiro atoms. The Morgan fingerprint density at radius 3 is 2.48 bits per heavy atom. The van der Waals surface area contributed by atoms with E-state index in [1.54, 1.807) is 11.3 Å². The van der Waals surface area contributed by atoms with Crippen molar-refractivity contribution in [2.75, 3.05) is 51.2 Å². The summed E-state index contributed by atoms with van der Waals surface area (Å²) in [4.78, 5) is 6.96. The van der Waals surface area contributed by atoms with Crippen LogP contribution in [0.15, 0.2) is 0 Å². The highest BCUT2D eigenvalue weighted by atomic mass is 32.1. The van der Waals surface area contributed by atoms with Crippen molar-refractivity contribution in [2.24, 2.45) is 0 Å². The molecule has 0 saturated carbocycles. The van der Waals surface area contributed by atoms with Crippen LogP contribution in [-0.4, -0.2) is 83.6 Å². The lowest BCUT2D eigenvalue weighted by atomic mass is 10.1. The second-order valence-corrected chi connectivity index (χ2v) is 7.44. The van der Waals surface area contributed by atoms with Gasteiger partial charge in [0.2, 0.25) is 5.13 Å². The van der Waals surface area contributed by atoms with Crippen LogP contribution in [-0.2, 0) is 0 Å². The zero-order valence-corrected chi connectivity index (χ0v) is 13.9. The molecular formula is C14H25N5OS. The van der Waals surface area contributed by atoms with Gasteiger partial charge in [-0.2, -0.15) is 0 Å². The molecule has 0 amide bonds. The lowest BCUT2D eigenvalue weighted by molar-refractivity contribution is 0.0512. The number of likely N-dealkylation sites (N-methyl/N-ethyl adjacent to an activating group) is 1. The quantitative estimate of drug-likeness (QED) is 0.875. The van der Waals surface area contributed by atoms with Crippen LogP contribution in [0.3, 0.4) is 0 Å². The molecule has 3 heterocycles. The molecule has 2 saturated heterocycles. The number of anilines is 1. The van der Waals surface area contributed by atoms with E-state index in [0.717, 1.165) is 42.9 Å². The molecule has 1 aromatic rings. The predicted molar refractivity (Wildman–Crippen MR) is 85.1 cm³/mol. The minimum Gasteiger partial charge on any atom is -0.390 e. The first kappa shape index (κ1) is 15.1. The summed E-state index contributed by atoms with van der Waals surface area (Å²) in [5, 5.41) is 21.0. The second kappa shape index (κ2) is 6.16. The molecule has 21 heavy (non-hydrogen) atoms. The lowest BCUT2D eigenvalue weighted by Gasteiger charge is -2.37. The molecule has 2 aliphatic rings. The zero-order valence-electron chi connectivity index (χ0n) is 13.1. The molecule has 118 valence electrons. The van der Waals surface area contributed by atoms with Gasteiger partial charge in [0.25, 0.3) is 0 Å². The highest BCUT2D eigenvalue weighted by Gasteiger charge is 2.37. The maximum absolute atomic E-state index is 10.4. The van der Waals surface area contributed by atoms with Gasteiger partial charge in [0.1, 0.15) is 5.01 Å². The van der Waals surface area contributed by atoms with E-state index in [0.29, 0.717) is 12.5 Å². The van der Waals surface area contributed by atoms with Gasteiger partial charge in [-0.25, -0.2) is 0 Å². The van der Waals surface area contributed by atoms with Gasteiger partial charge in [0.05, 0.1) is 12.1 Å². The number of aliphatic hydroxyl groups is 1. The Bertz CT molecular complexity index is 472. The van der Waals surface area contributed by atoms with Gasteiger partial charge < -0.3 is 14.9 Å². The maximum Gasteiger partial charge on any atom is 0.208 e. The van der Waals surface area contributed by atoms with Crippen LogP contribution in [0.25, 0.3) is 0 Å². The molecule has 6 nitrogen and oxygen atoms in total. The number of hydrogen-bond donors (Lipinski definition) is 1. The summed E-state index contributed by atoms with van der Waals surface area (Å²) in [5.41, 5.74) is 0. The Hall–Kier alpha value is -0.760. The van der Waals surface area contributed by atoms with E-state index in [1.807, 2.05) is 0 Å². The fourth-order valence-electron chi connectivity index (χ4n) is 3.03. The van der Waals surface area contributed by atoms with E-state index < -0.39 is 0 Å². The number of aliphatic hydroxyl groups excluding tert-OH is 1. The molecule has 0 aromatic carbocycles. The first-order valence-electron chi connectivity index (χ1n) is 7.73. The number of aromatic nitrogens is 2. The number of rotatable bonds is 3. The van der Waals surface area contributed by atoms with Gasteiger partial charge in [0.15, 0.2) is 0 Å². The molecule has 2 aliphatic heterocycles. The Morgan fingerprint density at radius 1 is 1.14 bits per heavy atom. The largest absolute Gasteiger partial charge is 0.390 e. The van der Waals surface area contributed by atoms with Crippen LogP contribution < -0.4 is 4.90 Å². The Balaban J connectivity index is 1.65. The summed E-state index contributed by atoms with van der Waals surface area (Å²) >= 11 is 1.66. The Labute approximate surface area is 130 Å². The van der Waals surface area contributed by atoms with E-state index in [2.05, 4.69) is 45.8 Å². The molecule has 2 fully saturated rings. The van der Waals surface area contributed by atoms with Crippen LogP contribution in [0.2, 0.25) is 0 Å². The van der Waals surface area contributed by atoms with Gasteiger partial charge >= 0.3 is 0 Å². The molecule has 0 bridgehead atoms. The molecule has 1 N–H and O–H groups in total. The van der Waals surface area contributed by atoms with Crippen molar-refractivity contribution in [1.29, 1.82) is 0 Å². The SMILES string of the molecule is CC(C)c1nnc(N2C[C@H](O)[C@@H](N3CCN(C)CC3)C2)s1. The minimum absolute atomic E-state index is 0.227. The fourth-order valence-corrected chi connectivity index (χ4v) is 3.89. The van der Waals surface area contributed by atoms with Crippen molar-refractivity contribution in [1.82, 2.24) is 20.0 Å². The zero-order chi connectivity index (χ0) is 15.0. The molecule has 7 heteroatoms. The summed E-state index contributed by atoms with van der Waals surface area (Å²) in [6, 6.07) is 0.227. The van der Waals surface area contributed by atoms with Gasteiger partial charge in [-0.3, -0.25) is 4.90 Å². The van der Waals surface area contributed by atoms with Gasteiger partial charge in [-0.15, -0.1) is 10.2 Å². The van der Waals surface area contributed by atoms with E-state index >= 15 is 0 Å². The number of nitrogens with zero attached hydrogens (tertiary/aromatic N) is 5. The maximum atomic E-state index is 10.4. The van der Waals surface area contributed by atoms with E-state index in [1.165, 1.54) is 0 Å². The van der Waals surface area contributed by atoms with Crippen molar-refractivity contribution < 1.29 is 5.11 Å². The fraction of sp³-hybridized carbons (Fsp3) is 0.857. The number of hydrogen-bond acceptors (Lipinski definition) is 7. The topological polar surface area (TPSA) is 55.7 Å². The first-order chi connectivity index (χ1) is 10.0. The summed E-state index contributed by atoms with van der Waals surface area (Å²) in [5.74, 6) is 0.414. The summed E-state index contributed by atoms with van der Waals surface area (Å²) in [7, 11) is 2.16. The van der Waals surface area contributed by atoms with Gasteiger partial charge in [-0.1, -0.05) is 25.2 Å². The molecule has 0 radical (unpaired) electrons. The van der Waals surface area contributed by atoms with Crippen molar-refractivity contribution in [2.45, 2.75) is 31.9 Å². The molecule has 0 unspecified atom stereocenters. The van der Waals surface area contributed by atoms with Gasteiger partial charge in [0, 0.05) is 45.2 Å². The lowest BCUT2D eigenvalue weighted by Crippen LogP contribution is -2.52. The Morgan fingerprint density at radius 2 is 1.86 bits per heavy atom. The van der Waals surface area contributed by atoms with Crippen LogP contribution in [0, 0.1) is 0 Å². The van der Waals surface area contributed by atoms with Crippen molar-refractivity contribution in [3.05, 3.63) is 5.01 Å². The Kier molecular flexibility index (Phi) is 4.44. The van der Waals surface area contributed by atoms with Crippen LogP contribution >= 0.6 is 11.3 Å². The van der Waals surface area contributed by atoms with Crippen molar-refractivity contribution in [3.63, 3.8) is 0 Å². The first-order valence-corrected chi connectivity index (χ1v) is 8.55.